The normalized spacial score (nSPS) is 28.3. The molecule has 2 saturated heterocycles. The first kappa shape index (κ1) is 14.6. The molecule has 5 nitrogen and oxygen atoms in total. The van der Waals surface area contributed by atoms with Gasteiger partial charge >= 0.3 is 6.03 Å². The number of nitrogens with zero attached hydrogens (tertiary/aromatic N) is 3. The highest BCUT2D eigenvalue weighted by atomic mass is 16.2. The lowest BCUT2D eigenvalue weighted by Gasteiger charge is -2.55. The van der Waals surface area contributed by atoms with Crippen LogP contribution in [-0.2, 0) is 0 Å². The number of piperazine rings is 2. The summed E-state index contributed by atoms with van der Waals surface area (Å²) in [6.45, 7) is 13.4. The monoisotopic (exact) mass is 268 g/mol. The van der Waals surface area contributed by atoms with Gasteiger partial charge in [0.05, 0.1) is 0 Å². The molecule has 1 N–H and O–H groups in total. The molecule has 5 heteroatoms. The van der Waals surface area contributed by atoms with Crippen molar-refractivity contribution in [1.29, 1.82) is 0 Å². The Morgan fingerprint density at radius 2 is 1.95 bits per heavy atom. The molecule has 0 saturated carbocycles. The summed E-state index contributed by atoms with van der Waals surface area (Å²) in [5, 5.41) is 2.99. The van der Waals surface area contributed by atoms with Crippen LogP contribution in [0.25, 0.3) is 0 Å². The van der Waals surface area contributed by atoms with E-state index >= 15 is 0 Å². The molecule has 2 heterocycles. The molecule has 0 spiro atoms. The lowest BCUT2D eigenvalue weighted by atomic mass is 9.93. The van der Waals surface area contributed by atoms with Gasteiger partial charge in [-0.15, -0.1) is 0 Å². The lowest BCUT2D eigenvalue weighted by molar-refractivity contribution is -0.0491. The molecule has 0 aromatic heterocycles. The highest BCUT2D eigenvalue weighted by Gasteiger charge is 2.42. The maximum absolute atomic E-state index is 12.1. The second-order valence-corrected chi connectivity index (χ2v) is 6.91. The highest BCUT2D eigenvalue weighted by Crippen LogP contribution is 2.27. The number of rotatable bonds is 1. The van der Waals surface area contributed by atoms with E-state index in [9.17, 15) is 4.79 Å². The van der Waals surface area contributed by atoms with Crippen molar-refractivity contribution in [3.63, 3.8) is 0 Å². The van der Waals surface area contributed by atoms with Crippen molar-refractivity contribution in [3.05, 3.63) is 0 Å². The minimum Gasteiger partial charge on any atom is -0.336 e. The van der Waals surface area contributed by atoms with Crippen LogP contribution >= 0.6 is 0 Å². The Bertz CT molecular complexity index is 342. The average molecular weight is 268 g/mol. The average Bonchev–Trinajstić information content (AvgIpc) is 2.25. The number of fused-ring (bicyclic) bond motifs is 1. The number of likely N-dealkylation sites (N-methyl/N-ethyl adjacent to an activating group) is 1. The number of amides is 2. The predicted molar refractivity (Wildman–Crippen MR) is 77.3 cm³/mol. The van der Waals surface area contributed by atoms with E-state index in [4.69, 9.17) is 0 Å². The number of hydrogen-bond acceptors (Lipinski definition) is 3. The van der Waals surface area contributed by atoms with Crippen molar-refractivity contribution in [1.82, 2.24) is 20.0 Å². The van der Waals surface area contributed by atoms with Gasteiger partial charge in [-0.3, -0.25) is 4.90 Å². The number of hydrogen-bond donors (Lipinski definition) is 1. The zero-order chi connectivity index (χ0) is 14.2. The van der Waals surface area contributed by atoms with Gasteiger partial charge in [0.15, 0.2) is 0 Å². The molecular weight excluding hydrogens is 240 g/mol. The van der Waals surface area contributed by atoms with Crippen molar-refractivity contribution in [2.75, 3.05) is 39.8 Å². The van der Waals surface area contributed by atoms with Crippen LogP contribution in [0.1, 0.15) is 27.7 Å². The third-order valence-corrected chi connectivity index (χ3v) is 4.14. The van der Waals surface area contributed by atoms with Gasteiger partial charge in [0.2, 0.25) is 0 Å². The molecule has 2 aliphatic heterocycles. The summed E-state index contributed by atoms with van der Waals surface area (Å²) in [5.74, 6) is 0. The van der Waals surface area contributed by atoms with E-state index in [1.165, 1.54) is 0 Å². The second kappa shape index (κ2) is 5.29. The second-order valence-electron chi connectivity index (χ2n) is 6.91. The van der Waals surface area contributed by atoms with Crippen molar-refractivity contribution in [2.24, 2.45) is 0 Å². The van der Waals surface area contributed by atoms with Gasteiger partial charge in [0.1, 0.15) is 0 Å². The molecule has 1 unspecified atom stereocenters. The first-order chi connectivity index (χ1) is 8.79. The number of nitrogens with one attached hydrogen (secondary N) is 1. The van der Waals surface area contributed by atoms with Crippen LogP contribution in [-0.4, -0.2) is 78.1 Å². The largest absolute Gasteiger partial charge is 0.336 e. The molecule has 0 aliphatic carbocycles. The third kappa shape index (κ3) is 3.20. The zero-order valence-corrected chi connectivity index (χ0v) is 12.9. The molecule has 0 bridgehead atoms. The summed E-state index contributed by atoms with van der Waals surface area (Å²) >= 11 is 0. The third-order valence-electron chi connectivity index (χ3n) is 4.14. The number of carbonyl (C=O) groups is 1. The van der Waals surface area contributed by atoms with Crippen LogP contribution < -0.4 is 5.32 Å². The quantitative estimate of drug-likeness (QED) is 0.765. The van der Waals surface area contributed by atoms with Gasteiger partial charge < -0.3 is 15.1 Å². The Balaban J connectivity index is 2.01. The zero-order valence-electron chi connectivity index (χ0n) is 12.9. The minimum absolute atomic E-state index is 0.0840. The summed E-state index contributed by atoms with van der Waals surface area (Å²) in [5.41, 5.74) is 0.207. The van der Waals surface area contributed by atoms with Crippen molar-refractivity contribution in [2.45, 2.75) is 45.3 Å². The van der Waals surface area contributed by atoms with E-state index in [0.717, 1.165) is 32.7 Å². The van der Waals surface area contributed by atoms with Gasteiger partial charge in [-0.25, -0.2) is 4.79 Å². The van der Waals surface area contributed by atoms with Crippen LogP contribution in [0.5, 0.6) is 0 Å². The van der Waals surface area contributed by atoms with E-state index in [-0.39, 0.29) is 17.6 Å². The molecule has 0 aromatic rings. The maximum atomic E-state index is 12.1. The Hall–Kier alpha value is -0.810. The summed E-state index contributed by atoms with van der Waals surface area (Å²) < 4.78 is 0. The van der Waals surface area contributed by atoms with E-state index in [0.29, 0.717) is 6.04 Å². The molecule has 2 rings (SSSR count). The van der Waals surface area contributed by atoms with Crippen LogP contribution in [0.15, 0.2) is 0 Å². The van der Waals surface area contributed by atoms with Gasteiger partial charge in [-0.05, 0) is 34.7 Å². The molecule has 110 valence electrons. The molecule has 19 heavy (non-hydrogen) atoms. The molecule has 0 aromatic carbocycles. The van der Waals surface area contributed by atoms with Crippen LogP contribution in [0.2, 0.25) is 0 Å². The summed E-state index contributed by atoms with van der Waals surface area (Å²) in [6.07, 6.45) is 0. The van der Waals surface area contributed by atoms with E-state index in [1.54, 1.807) is 0 Å². The maximum Gasteiger partial charge on any atom is 0.317 e. The Morgan fingerprint density at radius 3 is 2.58 bits per heavy atom. The number of carbonyl (C=O) groups excluding carboxylic acids is 1. The standard InChI is InChI=1S/C14H28N4O/c1-11(2)15-13(19)17-6-7-18-12(9-17)8-16(5)10-14(18,3)4/h11-12H,6-10H2,1-5H3,(H,15,19). The smallest absolute Gasteiger partial charge is 0.317 e. The SMILES string of the molecule is CC(C)NC(=O)N1CCN2C(CN(C)CC2(C)C)C1. The van der Waals surface area contributed by atoms with Gasteiger partial charge in [-0.1, -0.05) is 0 Å². The van der Waals surface area contributed by atoms with Gasteiger partial charge in [-0.2, -0.15) is 0 Å². The van der Waals surface area contributed by atoms with E-state index in [1.807, 2.05) is 18.7 Å². The highest BCUT2D eigenvalue weighted by molar-refractivity contribution is 5.74. The summed E-state index contributed by atoms with van der Waals surface area (Å²) in [4.78, 5) is 19.0. The van der Waals surface area contributed by atoms with Gasteiger partial charge in [0.25, 0.3) is 0 Å². The van der Waals surface area contributed by atoms with E-state index in [2.05, 4.69) is 36.0 Å². The Labute approximate surface area is 116 Å². The van der Waals surface area contributed by atoms with Crippen LogP contribution in [0.3, 0.4) is 0 Å². The van der Waals surface area contributed by atoms with E-state index < -0.39 is 0 Å². The first-order valence-electron chi connectivity index (χ1n) is 7.30. The van der Waals surface area contributed by atoms with Crippen molar-refractivity contribution in [3.8, 4) is 0 Å². The van der Waals surface area contributed by atoms with Crippen LogP contribution in [0, 0.1) is 0 Å². The van der Waals surface area contributed by atoms with Crippen molar-refractivity contribution < 1.29 is 4.79 Å². The fourth-order valence-electron chi connectivity index (χ4n) is 3.51. The molecular formula is C14H28N4O. The fourth-order valence-corrected chi connectivity index (χ4v) is 3.51. The fraction of sp³-hybridized carbons (Fsp3) is 0.929. The van der Waals surface area contributed by atoms with Gasteiger partial charge in [0, 0.05) is 50.3 Å². The molecule has 2 aliphatic rings. The molecule has 2 amide bonds. The predicted octanol–water partition coefficient (Wildman–Crippen LogP) is 0.815. The Kier molecular flexibility index (Phi) is 4.06. The Morgan fingerprint density at radius 1 is 1.26 bits per heavy atom. The summed E-state index contributed by atoms with van der Waals surface area (Å²) in [6, 6.07) is 0.747. The summed E-state index contributed by atoms with van der Waals surface area (Å²) in [7, 11) is 2.17. The lowest BCUT2D eigenvalue weighted by Crippen LogP contribution is -2.70. The van der Waals surface area contributed by atoms with Crippen molar-refractivity contribution >= 4 is 6.03 Å². The van der Waals surface area contributed by atoms with Crippen LogP contribution in [0.4, 0.5) is 4.79 Å². The minimum atomic E-state index is 0.0840. The topological polar surface area (TPSA) is 38.8 Å². The number of urea groups is 1. The molecule has 0 radical (unpaired) electrons. The first-order valence-corrected chi connectivity index (χ1v) is 7.30. The molecule has 1 atom stereocenters. The molecule has 2 fully saturated rings.